The van der Waals surface area contributed by atoms with Crippen LogP contribution < -0.4 is 4.90 Å². The minimum absolute atomic E-state index is 1.09. The highest BCUT2D eigenvalue weighted by Crippen LogP contribution is 2.39. The number of hydrogen-bond donors (Lipinski definition) is 0. The Kier molecular flexibility index (Phi) is 10.7. The molecule has 306 valence electrons. The van der Waals surface area contributed by atoms with Crippen LogP contribution in [0.5, 0.6) is 0 Å². The summed E-state index contributed by atoms with van der Waals surface area (Å²) in [5.74, 6) is 0. The van der Waals surface area contributed by atoms with Crippen molar-refractivity contribution in [2.75, 3.05) is 4.90 Å². The van der Waals surface area contributed by atoms with Gasteiger partial charge < -0.3 is 4.90 Å². The molecule has 1 nitrogen and oxygen atoms in total. The van der Waals surface area contributed by atoms with Crippen LogP contribution in [0.25, 0.3) is 88.7 Å². The quantitative estimate of drug-likeness (QED) is 0.133. The minimum Gasteiger partial charge on any atom is -0.311 e. The molecule has 0 bridgehead atoms. The summed E-state index contributed by atoms with van der Waals surface area (Å²) in [7, 11) is 0. The molecule has 0 aliphatic carbocycles. The molecular formula is C64H45N. The predicted molar refractivity (Wildman–Crippen MR) is 277 cm³/mol. The van der Waals surface area contributed by atoms with Crippen molar-refractivity contribution in [3.63, 3.8) is 0 Å². The molecule has 0 spiro atoms. The van der Waals surface area contributed by atoms with E-state index in [4.69, 9.17) is 0 Å². The second-order valence-corrected chi connectivity index (χ2v) is 16.6. The van der Waals surface area contributed by atoms with E-state index in [1.165, 1.54) is 88.7 Å². The molecule has 65 heavy (non-hydrogen) atoms. The molecule has 0 amide bonds. The first-order valence-electron chi connectivity index (χ1n) is 22.3. The zero-order chi connectivity index (χ0) is 43.4. The lowest BCUT2D eigenvalue weighted by Gasteiger charge is -2.26. The van der Waals surface area contributed by atoms with Gasteiger partial charge in [0.05, 0.1) is 0 Å². The molecule has 0 atom stereocenters. The van der Waals surface area contributed by atoms with Crippen molar-refractivity contribution in [3.8, 4) is 77.9 Å². The maximum Gasteiger partial charge on any atom is 0.0462 e. The Morgan fingerprint density at radius 3 is 0.785 bits per heavy atom. The molecule has 0 fully saturated rings. The third kappa shape index (κ3) is 8.40. The molecule has 0 N–H and O–H groups in total. The van der Waals surface area contributed by atoms with Gasteiger partial charge in [0.25, 0.3) is 0 Å². The van der Waals surface area contributed by atoms with Gasteiger partial charge in [0.1, 0.15) is 0 Å². The molecule has 0 aliphatic heterocycles. The van der Waals surface area contributed by atoms with Crippen LogP contribution >= 0.6 is 0 Å². The second-order valence-electron chi connectivity index (χ2n) is 16.6. The summed E-state index contributed by atoms with van der Waals surface area (Å²) in [6, 6.07) is 98.7. The maximum absolute atomic E-state index is 2.35. The molecule has 11 aromatic rings. The molecule has 11 aromatic carbocycles. The summed E-state index contributed by atoms with van der Waals surface area (Å²) in [4.78, 5) is 2.35. The van der Waals surface area contributed by atoms with Gasteiger partial charge in [-0.15, -0.1) is 0 Å². The number of hydrogen-bond acceptors (Lipinski definition) is 1. The third-order valence-corrected chi connectivity index (χ3v) is 12.5. The monoisotopic (exact) mass is 827 g/mol. The van der Waals surface area contributed by atoms with Gasteiger partial charge in [0.2, 0.25) is 0 Å². The summed E-state index contributed by atoms with van der Waals surface area (Å²) in [5.41, 5.74) is 20.1. The molecule has 0 aromatic heterocycles. The Morgan fingerprint density at radius 1 is 0.154 bits per heavy atom. The molecule has 0 saturated heterocycles. The van der Waals surface area contributed by atoms with E-state index in [0.29, 0.717) is 0 Å². The number of benzene rings is 11. The molecule has 1 heteroatoms. The van der Waals surface area contributed by atoms with Crippen LogP contribution in [0, 0.1) is 0 Å². The zero-order valence-electron chi connectivity index (χ0n) is 35.9. The molecule has 0 unspecified atom stereocenters. The van der Waals surface area contributed by atoms with E-state index in [2.05, 4.69) is 278 Å². The third-order valence-electron chi connectivity index (χ3n) is 12.5. The highest BCUT2D eigenvalue weighted by atomic mass is 15.1. The van der Waals surface area contributed by atoms with Gasteiger partial charge in [-0.05, 0) is 143 Å². The smallest absolute Gasteiger partial charge is 0.0462 e. The Balaban J connectivity index is 0.893. The largest absolute Gasteiger partial charge is 0.311 e. The van der Waals surface area contributed by atoms with Crippen molar-refractivity contribution < 1.29 is 0 Å². The molecule has 0 saturated carbocycles. The van der Waals surface area contributed by atoms with Gasteiger partial charge in [-0.25, -0.2) is 0 Å². The molecule has 0 radical (unpaired) electrons. The molecule has 11 rings (SSSR count). The van der Waals surface area contributed by atoms with Crippen molar-refractivity contribution in [3.05, 3.63) is 273 Å². The summed E-state index contributed by atoms with van der Waals surface area (Å²) in [6.45, 7) is 0. The number of anilines is 3. The van der Waals surface area contributed by atoms with Crippen LogP contribution in [0.3, 0.4) is 0 Å². The average Bonchev–Trinajstić information content (AvgIpc) is 3.40. The van der Waals surface area contributed by atoms with Gasteiger partial charge in [-0.1, -0.05) is 218 Å². The normalized spacial score (nSPS) is 11.1. The van der Waals surface area contributed by atoms with E-state index in [1.54, 1.807) is 0 Å². The summed E-state index contributed by atoms with van der Waals surface area (Å²) in [5, 5.41) is 2.51. The van der Waals surface area contributed by atoms with Crippen LogP contribution in [-0.4, -0.2) is 0 Å². The van der Waals surface area contributed by atoms with E-state index >= 15 is 0 Å². The summed E-state index contributed by atoms with van der Waals surface area (Å²) < 4.78 is 0. The van der Waals surface area contributed by atoms with Crippen molar-refractivity contribution in [2.45, 2.75) is 0 Å². The van der Waals surface area contributed by atoms with Gasteiger partial charge in [-0.2, -0.15) is 0 Å². The van der Waals surface area contributed by atoms with Gasteiger partial charge in [0.15, 0.2) is 0 Å². The van der Waals surface area contributed by atoms with Crippen LogP contribution in [0.15, 0.2) is 273 Å². The fraction of sp³-hybridized carbons (Fsp3) is 0. The fourth-order valence-electron chi connectivity index (χ4n) is 8.95. The summed E-state index contributed by atoms with van der Waals surface area (Å²) in [6.07, 6.45) is 0. The van der Waals surface area contributed by atoms with Crippen molar-refractivity contribution >= 4 is 27.8 Å². The van der Waals surface area contributed by atoms with Crippen LogP contribution in [0.1, 0.15) is 0 Å². The second kappa shape index (κ2) is 17.7. The number of fused-ring (bicyclic) bond motifs is 1. The topological polar surface area (TPSA) is 3.24 Å². The Bertz CT molecular complexity index is 3230. The molecule has 0 heterocycles. The molecule has 0 aliphatic rings. The maximum atomic E-state index is 2.35. The van der Waals surface area contributed by atoms with Crippen LogP contribution in [0.4, 0.5) is 17.1 Å². The first kappa shape index (κ1) is 39.3. The van der Waals surface area contributed by atoms with Crippen molar-refractivity contribution in [2.24, 2.45) is 0 Å². The Labute approximate surface area is 381 Å². The van der Waals surface area contributed by atoms with E-state index in [9.17, 15) is 0 Å². The summed E-state index contributed by atoms with van der Waals surface area (Å²) >= 11 is 0. The van der Waals surface area contributed by atoms with Crippen LogP contribution in [-0.2, 0) is 0 Å². The van der Waals surface area contributed by atoms with Gasteiger partial charge >= 0.3 is 0 Å². The predicted octanol–water partition coefficient (Wildman–Crippen LogP) is 18.0. The first-order valence-corrected chi connectivity index (χ1v) is 22.3. The standard InChI is InChI=1S/C64H45N/c1-3-11-46(12-4-1)49-21-25-51(26-22-49)53-31-37-62(38-32-53)65(63-39-33-54(34-40-63)52-27-23-50(24-28-52)47-13-5-2-6-14-47)64-41-35-55(36-42-64)57-17-9-18-58(43-57)59-19-10-20-60(45-59)61-30-29-48-15-7-8-16-56(48)44-61/h1-45H. The lowest BCUT2D eigenvalue weighted by Crippen LogP contribution is -2.09. The fourth-order valence-corrected chi connectivity index (χ4v) is 8.95. The van der Waals surface area contributed by atoms with E-state index < -0.39 is 0 Å². The van der Waals surface area contributed by atoms with Crippen LogP contribution in [0.2, 0.25) is 0 Å². The van der Waals surface area contributed by atoms with E-state index in [-0.39, 0.29) is 0 Å². The lowest BCUT2D eigenvalue weighted by molar-refractivity contribution is 1.28. The highest BCUT2D eigenvalue weighted by molar-refractivity contribution is 5.88. The SMILES string of the molecule is c1ccc(-c2ccc(-c3ccc(N(c4ccc(-c5ccc(-c6ccccc6)cc5)cc4)c4ccc(-c5cccc(-c6cccc(-c7ccc8ccccc8c7)c6)c5)cc4)cc3)cc2)cc1. The Hall–Kier alpha value is -8.52. The average molecular weight is 828 g/mol. The number of rotatable bonds is 10. The minimum atomic E-state index is 1.09. The highest BCUT2D eigenvalue weighted by Gasteiger charge is 2.15. The van der Waals surface area contributed by atoms with Gasteiger partial charge in [0, 0.05) is 17.1 Å². The lowest BCUT2D eigenvalue weighted by atomic mass is 9.95. The zero-order valence-corrected chi connectivity index (χ0v) is 35.9. The first-order chi connectivity index (χ1) is 32.2. The van der Waals surface area contributed by atoms with Crippen molar-refractivity contribution in [1.82, 2.24) is 0 Å². The molecular weight excluding hydrogens is 783 g/mol. The van der Waals surface area contributed by atoms with Crippen molar-refractivity contribution in [1.29, 1.82) is 0 Å². The number of nitrogens with zero attached hydrogens (tertiary/aromatic N) is 1. The Morgan fingerprint density at radius 2 is 0.400 bits per heavy atom. The van der Waals surface area contributed by atoms with Gasteiger partial charge in [-0.3, -0.25) is 0 Å². The van der Waals surface area contributed by atoms with E-state index in [0.717, 1.165) is 17.1 Å². The van der Waals surface area contributed by atoms with E-state index in [1.807, 2.05) is 0 Å².